The van der Waals surface area contributed by atoms with Crippen molar-refractivity contribution >= 4 is 15.7 Å². The average Bonchev–Trinajstić information content (AvgIpc) is 3.21. The van der Waals surface area contributed by atoms with E-state index in [1.54, 1.807) is 21.6 Å². The van der Waals surface area contributed by atoms with Crippen LogP contribution in [0.4, 0.5) is 4.39 Å². The van der Waals surface area contributed by atoms with Gasteiger partial charge in [0.25, 0.3) is 5.91 Å². The van der Waals surface area contributed by atoms with E-state index >= 15 is 0 Å². The summed E-state index contributed by atoms with van der Waals surface area (Å²) in [5, 5.41) is -0.0967. The topological polar surface area (TPSA) is 81.5 Å². The van der Waals surface area contributed by atoms with Gasteiger partial charge in [0.1, 0.15) is 5.82 Å². The van der Waals surface area contributed by atoms with E-state index in [9.17, 15) is 17.6 Å². The van der Waals surface area contributed by atoms with Crippen LogP contribution in [-0.2, 0) is 33.4 Å². The third-order valence-corrected chi connectivity index (χ3v) is 6.81. The molecule has 0 saturated heterocycles. The van der Waals surface area contributed by atoms with Crippen molar-refractivity contribution < 1.29 is 22.3 Å². The summed E-state index contributed by atoms with van der Waals surface area (Å²) in [5.41, 5.74) is 1.62. The van der Waals surface area contributed by atoms with E-state index in [4.69, 9.17) is 4.74 Å². The van der Waals surface area contributed by atoms with E-state index in [1.807, 2.05) is 32.0 Å². The van der Waals surface area contributed by atoms with Gasteiger partial charge in [-0.05, 0) is 35.7 Å². The van der Waals surface area contributed by atoms with Crippen LogP contribution in [0.25, 0.3) is 0 Å². The molecule has 0 unspecified atom stereocenters. The van der Waals surface area contributed by atoms with Crippen molar-refractivity contribution in [3.63, 3.8) is 0 Å². The van der Waals surface area contributed by atoms with Crippen molar-refractivity contribution in [1.29, 1.82) is 0 Å². The molecule has 9 heteroatoms. The van der Waals surface area contributed by atoms with Crippen molar-refractivity contribution in [3.05, 3.63) is 83.4 Å². The van der Waals surface area contributed by atoms with Crippen LogP contribution in [0.2, 0.25) is 0 Å². The Bertz CT molecular complexity index is 1190. The van der Waals surface area contributed by atoms with Gasteiger partial charge < -0.3 is 14.2 Å². The fourth-order valence-electron chi connectivity index (χ4n) is 3.67. The zero-order valence-electron chi connectivity index (χ0n) is 19.6. The van der Waals surface area contributed by atoms with Gasteiger partial charge in [0.2, 0.25) is 15.0 Å². The van der Waals surface area contributed by atoms with Gasteiger partial charge in [-0.1, -0.05) is 44.2 Å². The molecule has 2 aromatic carbocycles. The standard InChI is InChI=1S/C25H30FN3O4S/c1-19(2)16-28(24(30)21-7-5-4-6-8-21)17-23-15-27-25(29(23)13-14-33-3)34(31,32)18-20-9-11-22(26)12-10-20/h4-12,15,19H,13-14,16-18H2,1-3H3. The van der Waals surface area contributed by atoms with E-state index in [0.717, 1.165) is 0 Å². The Labute approximate surface area is 200 Å². The zero-order valence-corrected chi connectivity index (χ0v) is 20.5. The van der Waals surface area contributed by atoms with Crippen LogP contribution in [0, 0.1) is 11.7 Å². The van der Waals surface area contributed by atoms with Crippen molar-refractivity contribution in [2.24, 2.45) is 5.92 Å². The maximum absolute atomic E-state index is 13.2. The third-order valence-electron chi connectivity index (χ3n) is 5.22. The number of imidazole rings is 1. The molecule has 0 radical (unpaired) electrons. The summed E-state index contributed by atoms with van der Waals surface area (Å²) in [7, 11) is -2.29. The number of nitrogens with zero attached hydrogens (tertiary/aromatic N) is 3. The summed E-state index contributed by atoms with van der Waals surface area (Å²) >= 11 is 0. The second-order valence-corrected chi connectivity index (χ2v) is 10.4. The molecule has 182 valence electrons. The summed E-state index contributed by atoms with van der Waals surface area (Å²) < 4.78 is 46.4. The first-order valence-corrected chi connectivity index (χ1v) is 12.7. The van der Waals surface area contributed by atoms with Crippen molar-refractivity contribution in [2.75, 3.05) is 20.3 Å². The first-order valence-electron chi connectivity index (χ1n) is 11.1. The van der Waals surface area contributed by atoms with Gasteiger partial charge >= 0.3 is 0 Å². The normalized spacial score (nSPS) is 11.7. The predicted octanol–water partition coefficient (Wildman–Crippen LogP) is 3.94. The lowest BCUT2D eigenvalue weighted by Crippen LogP contribution is -2.34. The number of hydrogen-bond acceptors (Lipinski definition) is 5. The van der Waals surface area contributed by atoms with Crippen LogP contribution in [0.5, 0.6) is 0 Å². The highest BCUT2D eigenvalue weighted by atomic mass is 32.2. The Morgan fingerprint density at radius 1 is 1.12 bits per heavy atom. The Morgan fingerprint density at radius 2 is 1.79 bits per heavy atom. The molecule has 34 heavy (non-hydrogen) atoms. The molecule has 0 aliphatic rings. The molecule has 0 atom stereocenters. The van der Waals surface area contributed by atoms with E-state index in [-0.39, 0.29) is 42.4 Å². The van der Waals surface area contributed by atoms with Crippen molar-refractivity contribution in [2.45, 2.75) is 37.8 Å². The van der Waals surface area contributed by atoms with E-state index < -0.39 is 15.7 Å². The van der Waals surface area contributed by atoms with E-state index in [2.05, 4.69) is 4.98 Å². The molecule has 0 saturated carbocycles. The summed E-state index contributed by atoms with van der Waals surface area (Å²) in [5.74, 6) is -0.664. The Kier molecular flexibility index (Phi) is 8.57. The molecule has 0 fully saturated rings. The van der Waals surface area contributed by atoms with Gasteiger partial charge in [-0.25, -0.2) is 17.8 Å². The zero-order chi connectivity index (χ0) is 24.7. The molecule has 0 N–H and O–H groups in total. The fourth-order valence-corrected chi connectivity index (χ4v) is 5.19. The molecule has 0 aliphatic carbocycles. The molecular weight excluding hydrogens is 457 g/mol. The highest BCUT2D eigenvalue weighted by molar-refractivity contribution is 7.90. The number of benzene rings is 2. The Hall–Kier alpha value is -3.04. The van der Waals surface area contributed by atoms with Gasteiger partial charge in [-0.15, -0.1) is 0 Å². The van der Waals surface area contributed by atoms with E-state index in [0.29, 0.717) is 23.4 Å². The maximum atomic E-state index is 13.2. The quantitative estimate of drug-likeness (QED) is 0.409. The van der Waals surface area contributed by atoms with Crippen molar-refractivity contribution in [3.8, 4) is 0 Å². The number of methoxy groups -OCH3 is 1. The minimum atomic E-state index is -3.83. The van der Waals surface area contributed by atoms with E-state index in [1.165, 1.54) is 37.6 Å². The predicted molar refractivity (Wildman–Crippen MR) is 127 cm³/mol. The molecule has 3 aromatic rings. The number of aromatic nitrogens is 2. The molecular formula is C25H30FN3O4S. The molecule has 3 rings (SSSR count). The van der Waals surface area contributed by atoms with Gasteiger partial charge in [-0.3, -0.25) is 4.79 Å². The minimum absolute atomic E-state index is 0.0967. The highest BCUT2D eigenvalue weighted by Crippen LogP contribution is 2.20. The summed E-state index contributed by atoms with van der Waals surface area (Å²) in [6.07, 6.45) is 1.50. The molecule has 1 heterocycles. The maximum Gasteiger partial charge on any atom is 0.254 e. The van der Waals surface area contributed by atoms with Crippen LogP contribution in [0.15, 0.2) is 66.0 Å². The van der Waals surface area contributed by atoms with Gasteiger partial charge in [0.15, 0.2) is 0 Å². The van der Waals surface area contributed by atoms with Crippen LogP contribution < -0.4 is 0 Å². The summed E-state index contributed by atoms with van der Waals surface area (Å²) in [6.45, 7) is 5.28. The number of rotatable bonds is 11. The van der Waals surface area contributed by atoms with Crippen LogP contribution in [0.1, 0.15) is 35.5 Å². The average molecular weight is 488 g/mol. The number of hydrogen-bond donors (Lipinski definition) is 0. The lowest BCUT2D eigenvalue weighted by atomic mass is 10.1. The first-order chi connectivity index (χ1) is 16.2. The molecule has 0 bridgehead atoms. The second kappa shape index (κ2) is 11.4. The van der Waals surface area contributed by atoms with Gasteiger partial charge in [-0.2, -0.15) is 0 Å². The highest BCUT2D eigenvalue weighted by Gasteiger charge is 2.26. The van der Waals surface area contributed by atoms with Crippen LogP contribution >= 0.6 is 0 Å². The lowest BCUT2D eigenvalue weighted by Gasteiger charge is -2.25. The van der Waals surface area contributed by atoms with Crippen LogP contribution in [0.3, 0.4) is 0 Å². The number of ether oxygens (including phenoxy) is 1. The summed E-state index contributed by atoms with van der Waals surface area (Å²) in [4.78, 5) is 19.1. The third kappa shape index (κ3) is 6.51. The molecule has 7 nitrogen and oxygen atoms in total. The largest absolute Gasteiger partial charge is 0.383 e. The second-order valence-electron chi connectivity index (χ2n) is 8.51. The first kappa shape index (κ1) is 25.6. The van der Waals surface area contributed by atoms with Gasteiger partial charge in [0.05, 0.1) is 30.8 Å². The number of sulfone groups is 1. The van der Waals surface area contributed by atoms with Crippen LogP contribution in [-0.4, -0.2) is 49.0 Å². The molecule has 1 aromatic heterocycles. The molecule has 1 amide bonds. The lowest BCUT2D eigenvalue weighted by molar-refractivity contribution is 0.0717. The Morgan fingerprint density at radius 3 is 2.41 bits per heavy atom. The number of halogens is 1. The Balaban J connectivity index is 1.93. The van der Waals surface area contributed by atoms with Crippen molar-refractivity contribution in [1.82, 2.24) is 14.5 Å². The number of carbonyl (C=O) groups excluding carboxylic acids is 1. The minimum Gasteiger partial charge on any atom is -0.383 e. The molecule has 0 spiro atoms. The number of amides is 1. The smallest absolute Gasteiger partial charge is 0.254 e. The molecule has 0 aliphatic heterocycles. The fraction of sp³-hybridized carbons (Fsp3) is 0.360. The van der Waals surface area contributed by atoms with Gasteiger partial charge in [0, 0.05) is 25.8 Å². The monoisotopic (exact) mass is 487 g/mol. The SMILES string of the molecule is COCCn1c(CN(CC(C)C)C(=O)c2ccccc2)cnc1S(=O)(=O)Cc1ccc(F)cc1. The number of carbonyl (C=O) groups is 1. The summed E-state index contributed by atoms with van der Waals surface area (Å²) in [6, 6.07) is 14.3.